The number of carbonyl (C=O) groups is 1. The van der Waals surface area contributed by atoms with Crippen LogP contribution in [0.5, 0.6) is 17.2 Å². The van der Waals surface area contributed by atoms with E-state index in [9.17, 15) is 4.79 Å². The molecule has 0 N–H and O–H groups in total. The fourth-order valence-corrected chi connectivity index (χ4v) is 2.65. The van der Waals surface area contributed by atoms with Crippen molar-refractivity contribution in [3.05, 3.63) is 53.6 Å². The molecule has 0 bridgehead atoms. The molecule has 2 aromatic carbocycles. The van der Waals surface area contributed by atoms with E-state index in [2.05, 4.69) is 5.16 Å². The summed E-state index contributed by atoms with van der Waals surface area (Å²) in [7, 11) is 3.10. The molecule has 2 aromatic rings. The van der Waals surface area contributed by atoms with E-state index in [1.54, 1.807) is 37.4 Å². The van der Waals surface area contributed by atoms with Gasteiger partial charge in [-0.15, -0.1) is 0 Å². The van der Waals surface area contributed by atoms with Crippen molar-refractivity contribution >= 4 is 11.7 Å². The predicted octanol–water partition coefficient (Wildman–Crippen LogP) is 3.44. The summed E-state index contributed by atoms with van der Waals surface area (Å²) in [5, 5.41) is 4.07. The van der Waals surface area contributed by atoms with Crippen LogP contribution < -0.4 is 14.2 Å². The Balaban J connectivity index is 1.86. The molecule has 0 fully saturated rings. The first-order chi connectivity index (χ1) is 12.1. The second-order valence-electron chi connectivity index (χ2n) is 5.61. The number of ether oxygens (including phenoxy) is 3. The standard InChI is InChI=1S/C19H19NO5/c1-12-10-16(14-9-8-13(22-2)11-18(14)24-12)20-25-19(21)15-6-4-5-7-17(15)23-3/h4-9,11-12H,10H2,1-3H3. The van der Waals surface area contributed by atoms with Crippen molar-refractivity contribution in [2.75, 3.05) is 14.2 Å². The van der Waals surface area contributed by atoms with E-state index in [1.807, 2.05) is 19.1 Å². The van der Waals surface area contributed by atoms with Crippen molar-refractivity contribution in [1.82, 2.24) is 0 Å². The summed E-state index contributed by atoms with van der Waals surface area (Å²) < 4.78 is 16.2. The maximum absolute atomic E-state index is 12.3. The third-order valence-electron chi connectivity index (χ3n) is 3.87. The quantitative estimate of drug-likeness (QED) is 0.629. The zero-order valence-electron chi connectivity index (χ0n) is 14.3. The largest absolute Gasteiger partial charge is 0.497 e. The minimum Gasteiger partial charge on any atom is -0.497 e. The molecule has 0 amide bonds. The molecule has 1 heterocycles. The molecule has 0 aromatic heterocycles. The number of para-hydroxylation sites is 1. The Morgan fingerprint density at radius 1 is 1.16 bits per heavy atom. The summed E-state index contributed by atoms with van der Waals surface area (Å²) in [5.41, 5.74) is 1.76. The first-order valence-electron chi connectivity index (χ1n) is 7.88. The number of oxime groups is 1. The SMILES string of the molecule is COc1ccc2c(c1)OC(C)CC2=NOC(=O)c1ccccc1OC. The molecular weight excluding hydrogens is 322 g/mol. The highest BCUT2D eigenvalue weighted by molar-refractivity contribution is 6.04. The lowest BCUT2D eigenvalue weighted by Gasteiger charge is -2.24. The second kappa shape index (κ2) is 7.25. The normalized spacial score (nSPS) is 17.4. The van der Waals surface area contributed by atoms with Crippen LogP contribution in [-0.2, 0) is 4.84 Å². The highest BCUT2D eigenvalue weighted by atomic mass is 16.7. The highest BCUT2D eigenvalue weighted by Crippen LogP contribution is 2.32. The van der Waals surface area contributed by atoms with Crippen LogP contribution in [0.3, 0.4) is 0 Å². The number of fused-ring (bicyclic) bond motifs is 1. The topological polar surface area (TPSA) is 66.3 Å². The molecule has 0 saturated carbocycles. The van der Waals surface area contributed by atoms with Gasteiger partial charge in [0, 0.05) is 18.1 Å². The van der Waals surface area contributed by atoms with Crippen LogP contribution in [0, 0.1) is 0 Å². The van der Waals surface area contributed by atoms with Gasteiger partial charge in [0.25, 0.3) is 0 Å². The van der Waals surface area contributed by atoms with E-state index in [0.717, 1.165) is 5.56 Å². The van der Waals surface area contributed by atoms with Crippen LogP contribution in [0.1, 0.15) is 29.3 Å². The maximum Gasteiger partial charge on any atom is 0.369 e. The summed E-state index contributed by atoms with van der Waals surface area (Å²) in [6.07, 6.45) is 0.460. The Hall–Kier alpha value is -3.02. The van der Waals surface area contributed by atoms with Gasteiger partial charge in [-0.25, -0.2) is 4.79 Å². The molecule has 1 aliphatic heterocycles. The van der Waals surface area contributed by atoms with Gasteiger partial charge >= 0.3 is 5.97 Å². The Morgan fingerprint density at radius 3 is 2.72 bits per heavy atom. The lowest BCUT2D eigenvalue weighted by Crippen LogP contribution is -2.25. The molecule has 0 aliphatic carbocycles. The number of benzene rings is 2. The third-order valence-corrected chi connectivity index (χ3v) is 3.87. The Bertz CT molecular complexity index is 815. The zero-order valence-corrected chi connectivity index (χ0v) is 14.3. The molecule has 25 heavy (non-hydrogen) atoms. The summed E-state index contributed by atoms with van der Waals surface area (Å²) in [6.45, 7) is 1.93. The average molecular weight is 341 g/mol. The number of rotatable bonds is 4. The molecule has 6 heteroatoms. The fourth-order valence-electron chi connectivity index (χ4n) is 2.65. The van der Waals surface area contributed by atoms with E-state index in [1.165, 1.54) is 7.11 Å². The summed E-state index contributed by atoms with van der Waals surface area (Å²) in [5.74, 6) is 1.22. The minimum atomic E-state index is -0.570. The molecule has 0 radical (unpaired) electrons. The van der Waals surface area contributed by atoms with E-state index < -0.39 is 5.97 Å². The first kappa shape index (κ1) is 16.8. The maximum atomic E-state index is 12.3. The second-order valence-corrected chi connectivity index (χ2v) is 5.61. The van der Waals surface area contributed by atoms with Crippen LogP contribution in [0.4, 0.5) is 0 Å². The van der Waals surface area contributed by atoms with E-state index in [0.29, 0.717) is 34.9 Å². The molecular formula is C19H19NO5. The van der Waals surface area contributed by atoms with Gasteiger partial charge in [0.05, 0.1) is 19.9 Å². The predicted molar refractivity (Wildman–Crippen MR) is 92.6 cm³/mol. The Labute approximate surface area is 146 Å². The molecule has 130 valence electrons. The number of nitrogens with zero attached hydrogens (tertiary/aromatic N) is 1. The summed E-state index contributed by atoms with van der Waals surface area (Å²) >= 11 is 0. The van der Waals surface area contributed by atoms with Gasteiger partial charge < -0.3 is 19.0 Å². The van der Waals surface area contributed by atoms with Crippen molar-refractivity contribution in [2.24, 2.45) is 5.16 Å². The van der Waals surface area contributed by atoms with Crippen molar-refractivity contribution in [2.45, 2.75) is 19.4 Å². The monoisotopic (exact) mass is 341 g/mol. The van der Waals surface area contributed by atoms with Gasteiger partial charge in [0.2, 0.25) is 0 Å². The van der Waals surface area contributed by atoms with Gasteiger partial charge in [-0.05, 0) is 31.2 Å². The molecule has 3 rings (SSSR count). The van der Waals surface area contributed by atoms with Crippen LogP contribution >= 0.6 is 0 Å². The van der Waals surface area contributed by atoms with Gasteiger partial charge in [-0.2, -0.15) is 0 Å². The number of hydrogen-bond donors (Lipinski definition) is 0. The van der Waals surface area contributed by atoms with Gasteiger partial charge in [-0.3, -0.25) is 0 Å². The number of methoxy groups -OCH3 is 2. The lowest BCUT2D eigenvalue weighted by atomic mass is 10.0. The van der Waals surface area contributed by atoms with Crippen LogP contribution in [0.2, 0.25) is 0 Å². The Kier molecular flexibility index (Phi) is 4.88. The molecule has 0 saturated heterocycles. The van der Waals surface area contributed by atoms with Crippen LogP contribution in [0.25, 0.3) is 0 Å². The van der Waals surface area contributed by atoms with Gasteiger partial charge in [0.1, 0.15) is 28.9 Å². The number of carbonyl (C=O) groups excluding carboxylic acids is 1. The fraction of sp³-hybridized carbons (Fsp3) is 0.263. The van der Waals surface area contributed by atoms with Gasteiger partial charge in [0.15, 0.2) is 0 Å². The van der Waals surface area contributed by atoms with Crippen LogP contribution in [-0.4, -0.2) is 32.0 Å². The first-order valence-corrected chi connectivity index (χ1v) is 7.88. The minimum absolute atomic E-state index is 0.0803. The molecule has 6 nitrogen and oxygen atoms in total. The van der Waals surface area contributed by atoms with Crippen molar-refractivity contribution in [3.8, 4) is 17.2 Å². The average Bonchev–Trinajstić information content (AvgIpc) is 2.65. The van der Waals surface area contributed by atoms with Crippen LogP contribution in [0.15, 0.2) is 47.6 Å². The molecule has 0 spiro atoms. The summed E-state index contributed by atoms with van der Waals surface area (Å²) in [6, 6.07) is 12.3. The van der Waals surface area contributed by atoms with Crippen molar-refractivity contribution < 1.29 is 23.8 Å². The highest BCUT2D eigenvalue weighted by Gasteiger charge is 2.24. The lowest BCUT2D eigenvalue weighted by molar-refractivity contribution is 0.0509. The molecule has 1 aliphatic rings. The van der Waals surface area contributed by atoms with Crippen molar-refractivity contribution in [3.63, 3.8) is 0 Å². The van der Waals surface area contributed by atoms with E-state index in [4.69, 9.17) is 19.0 Å². The van der Waals surface area contributed by atoms with E-state index >= 15 is 0 Å². The van der Waals surface area contributed by atoms with Gasteiger partial charge in [-0.1, -0.05) is 17.3 Å². The third kappa shape index (κ3) is 3.57. The zero-order chi connectivity index (χ0) is 17.8. The summed E-state index contributed by atoms with van der Waals surface area (Å²) in [4.78, 5) is 17.5. The number of hydrogen-bond acceptors (Lipinski definition) is 6. The molecule has 1 unspecified atom stereocenters. The smallest absolute Gasteiger partial charge is 0.369 e. The molecule has 1 atom stereocenters. The van der Waals surface area contributed by atoms with Crippen molar-refractivity contribution in [1.29, 1.82) is 0 Å². The van der Waals surface area contributed by atoms with E-state index in [-0.39, 0.29) is 6.10 Å². The Morgan fingerprint density at radius 2 is 1.96 bits per heavy atom.